The highest BCUT2D eigenvalue weighted by Crippen LogP contribution is 2.38. The maximum absolute atomic E-state index is 13.6. The molecule has 0 heterocycles. The third-order valence-electron chi connectivity index (χ3n) is 14.0. The maximum Gasteiger partial charge on any atom is 0.306 e. The number of hydrogen-bond donors (Lipinski definition) is 1. The van der Waals surface area contributed by atoms with Crippen molar-refractivity contribution in [1.29, 1.82) is 0 Å². The van der Waals surface area contributed by atoms with Gasteiger partial charge in [-0.2, -0.15) is 0 Å². The molecule has 456 valence electrons. The van der Waals surface area contributed by atoms with Crippen molar-refractivity contribution in [3.63, 3.8) is 0 Å². The Kier molecular flexibility index (Phi) is 55.9. The summed E-state index contributed by atoms with van der Waals surface area (Å²) < 4.78 is 30.3. The van der Waals surface area contributed by atoms with Crippen molar-refractivity contribution in [3.8, 4) is 0 Å². The number of rotatable bonds is 58. The van der Waals surface area contributed by atoms with Crippen LogP contribution in [0.3, 0.4) is 0 Å². The molecular weight excluding hydrogens is 1000 g/mol. The van der Waals surface area contributed by atoms with Crippen LogP contribution in [0.4, 0.5) is 0 Å². The Morgan fingerprint density at radius 3 is 1.19 bits per heavy atom. The number of esters is 1. The van der Waals surface area contributed by atoms with Gasteiger partial charge in [0.1, 0.15) is 19.3 Å². The molecule has 0 aromatic carbocycles. The van der Waals surface area contributed by atoms with Gasteiger partial charge in [-0.1, -0.05) is 247 Å². The van der Waals surface area contributed by atoms with Crippen molar-refractivity contribution in [2.24, 2.45) is 0 Å². The van der Waals surface area contributed by atoms with E-state index >= 15 is 0 Å². The number of phosphoric acid groups is 1. The summed E-state index contributed by atoms with van der Waals surface area (Å²) in [4.78, 5) is 40.1. The van der Waals surface area contributed by atoms with Gasteiger partial charge in [0.15, 0.2) is 0 Å². The third-order valence-corrected chi connectivity index (χ3v) is 15.0. The molecule has 0 aromatic heterocycles. The van der Waals surface area contributed by atoms with Crippen LogP contribution in [0.2, 0.25) is 0 Å². The molecule has 0 saturated carbocycles. The lowest BCUT2D eigenvalue weighted by molar-refractivity contribution is -0.870. The van der Waals surface area contributed by atoms with Crippen LogP contribution in [0.25, 0.3) is 0 Å². The summed E-state index contributed by atoms with van der Waals surface area (Å²) in [5.74, 6) is -0.586. The first-order valence-electron chi connectivity index (χ1n) is 32.5. The van der Waals surface area contributed by atoms with Crippen LogP contribution >= 0.6 is 7.82 Å². The molecule has 0 aliphatic heterocycles. The first-order chi connectivity index (χ1) is 38.4. The Morgan fingerprint density at radius 2 is 0.772 bits per heavy atom. The van der Waals surface area contributed by atoms with Crippen LogP contribution in [0, 0.1) is 0 Å². The van der Waals surface area contributed by atoms with Gasteiger partial charge >= 0.3 is 5.97 Å². The number of phosphoric ester groups is 1. The zero-order valence-corrected chi connectivity index (χ0v) is 52.9. The highest BCUT2D eigenvalue weighted by atomic mass is 31.2. The molecular formula is C69H123N2O7P. The van der Waals surface area contributed by atoms with E-state index in [2.05, 4.69) is 111 Å². The van der Waals surface area contributed by atoms with E-state index in [-0.39, 0.29) is 24.9 Å². The number of unbranched alkanes of at least 4 members (excludes halogenated alkanes) is 28. The van der Waals surface area contributed by atoms with E-state index in [0.29, 0.717) is 23.9 Å². The fourth-order valence-corrected chi connectivity index (χ4v) is 9.65. The summed E-state index contributed by atoms with van der Waals surface area (Å²) in [6.07, 6.45) is 77.9. The quantitative estimate of drug-likeness (QED) is 0.0212. The van der Waals surface area contributed by atoms with Crippen molar-refractivity contribution in [2.45, 2.75) is 290 Å². The second kappa shape index (κ2) is 58.1. The summed E-state index contributed by atoms with van der Waals surface area (Å²) >= 11 is 0. The summed E-state index contributed by atoms with van der Waals surface area (Å²) in [5, 5.41) is 3.02. The zero-order valence-electron chi connectivity index (χ0n) is 52.1. The zero-order chi connectivity index (χ0) is 57.9. The normalized spacial score (nSPS) is 14.3. The number of nitrogens with one attached hydrogen (secondary N) is 1. The molecule has 0 radical (unpaired) electrons. The molecule has 3 atom stereocenters. The number of ether oxygens (including phenoxy) is 1. The largest absolute Gasteiger partial charge is 0.756 e. The molecule has 0 saturated heterocycles. The maximum atomic E-state index is 13.6. The summed E-state index contributed by atoms with van der Waals surface area (Å²) in [6, 6.07) is -0.912. The molecule has 79 heavy (non-hydrogen) atoms. The molecule has 9 nitrogen and oxygen atoms in total. The Labute approximate surface area is 488 Å². The summed E-state index contributed by atoms with van der Waals surface area (Å²) in [7, 11) is 1.15. The van der Waals surface area contributed by atoms with Gasteiger partial charge in [0.05, 0.1) is 33.8 Å². The SMILES string of the molecule is CCCCC/C=C\C/C=C\C/C=C\C/C=C\CCCCCC(=O)OC(/C=C/CCCCCCCCCCCCC)C(COP(=O)([O-])OCC[N+](C)(C)C)NC(=O)CCCCCCCCCC/C=C\C/C=C\C/C=C\CCCCC. The minimum Gasteiger partial charge on any atom is -0.756 e. The van der Waals surface area contributed by atoms with E-state index in [1.54, 1.807) is 0 Å². The van der Waals surface area contributed by atoms with Crippen LogP contribution in [0.1, 0.15) is 278 Å². The van der Waals surface area contributed by atoms with Crippen molar-refractivity contribution in [1.82, 2.24) is 5.32 Å². The molecule has 0 spiro atoms. The van der Waals surface area contributed by atoms with E-state index in [4.69, 9.17) is 13.8 Å². The molecule has 0 bridgehead atoms. The smallest absolute Gasteiger partial charge is 0.306 e. The lowest BCUT2D eigenvalue weighted by Crippen LogP contribution is -2.47. The average Bonchev–Trinajstić information content (AvgIpc) is 3.41. The molecule has 0 aliphatic rings. The van der Waals surface area contributed by atoms with Crippen LogP contribution in [-0.2, 0) is 27.9 Å². The van der Waals surface area contributed by atoms with Gasteiger partial charge in [-0.15, -0.1) is 0 Å². The molecule has 10 heteroatoms. The Bertz CT molecular complexity index is 1670. The third kappa shape index (κ3) is 59.4. The van der Waals surface area contributed by atoms with Gasteiger partial charge in [0.2, 0.25) is 5.91 Å². The molecule has 1 N–H and O–H groups in total. The standard InChI is InChI=1S/C69H123N2O7P/c1-7-10-13-16-19-22-25-28-30-32-34-35-37-38-40-43-46-49-52-55-58-61-68(72)70-66(65-77-79(74,75)76-64-63-71(4,5)6)67(60-57-54-51-48-45-42-27-24-21-18-15-12-9-3)78-69(73)62-59-56-53-50-47-44-41-39-36-33-31-29-26-23-20-17-14-11-8-2/h19-20,22-23,28-31,34-36,39,44,47,57,60,66-67H,7-18,21,24-27,32-33,37-38,40-43,45-46,48-56,58-59,61-65H2,1-6H3,(H-,70,72,74,75)/b22-19-,23-20-,30-28-,31-29-,35-34-,39-36-,47-44-,60-57+. The predicted molar refractivity (Wildman–Crippen MR) is 339 cm³/mol. The number of carbonyl (C=O) groups is 2. The second-order valence-corrected chi connectivity index (χ2v) is 24.3. The van der Waals surface area contributed by atoms with Crippen molar-refractivity contribution in [2.75, 3.05) is 40.9 Å². The highest BCUT2D eigenvalue weighted by molar-refractivity contribution is 7.45. The minimum absolute atomic E-state index is 0.0335. The first kappa shape index (κ1) is 75.9. The van der Waals surface area contributed by atoms with Crippen LogP contribution < -0.4 is 10.2 Å². The van der Waals surface area contributed by atoms with Gasteiger partial charge in [-0.25, -0.2) is 0 Å². The van der Waals surface area contributed by atoms with Gasteiger partial charge in [0, 0.05) is 12.8 Å². The second-order valence-electron chi connectivity index (χ2n) is 22.9. The number of hydrogen-bond acceptors (Lipinski definition) is 7. The van der Waals surface area contributed by atoms with Crippen molar-refractivity contribution < 1.29 is 37.3 Å². The fourth-order valence-electron chi connectivity index (χ4n) is 8.92. The number of nitrogens with zero attached hydrogens (tertiary/aromatic N) is 1. The van der Waals surface area contributed by atoms with Gasteiger partial charge in [-0.3, -0.25) is 14.2 Å². The Morgan fingerprint density at radius 1 is 0.443 bits per heavy atom. The lowest BCUT2D eigenvalue weighted by Gasteiger charge is -2.30. The Hall–Kier alpha value is -3.07. The van der Waals surface area contributed by atoms with E-state index in [1.807, 2.05) is 33.3 Å². The van der Waals surface area contributed by atoms with Crippen LogP contribution in [-0.4, -0.2) is 69.4 Å². The predicted octanol–water partition coefficient (Wildman–Crippen LogP) is 19.7. The number of quaternary nitrogens is 1. The molecule has 0 rings (SSSR count). The van der Waals surface area contributed by atoms with E-state index < -0.39 is 26.6 Å². The summed E-state index contributed by atoms with van der Waals surface area (Å²) in [6.45, 7) is 6.77. The van der Waals surface area contributed by atoms with Crippen LogP contribution in [0.5, 0.6) is 0 Å². The van der Waals surface area contributed by atoms with Gasteiger partial charge < -0.3 is 28.5 Å². The van der Waals surface area contributed by atoms with E-state index in [9.17, 15) is 19.0 Å². The fraction of sp³-hybridized carbons (Fsp3) is 0.739. The lowest BCUT2D eigenvalue weighted by atomic mass is 10.0. The molecule has 0 fully saturated rings. The topological polar surface area (TPSA) is 114 Å². The average molecular weight is 1120 g/mol. The molecule has 0 aliphatic carbocycles. The monoisotopic (exact) mass is 1120 g/mol. The molecule has 0 aromatic rings. The van der Waals surface area contributed by atoms with Crippen molar-refractivity contribution >= 4 is 19.7 Å². The molecule has 1 amide bonds. The van der Waals surface area contributed by atoms with E-state index in [1.165, 1.54) is 135 Å². The minimum atomic E-state index is -4.72. The Balaban J connectivity index is 5.32. The first-order valence-corrected chi connectivity index (χ1v) is 34.0. The molecule has 3 unspecified atom stereocenters. The van der Waals surface area contributed by atoms with Crippen LogP contribution in [0.15, 0.2) is 97.2 Å². The highest BCUT2D eigenvalue weighted by Gasteiger charge is 2.27. The number of carbonyl (C=O) groups excluding carboxylic acids is 2. The van der Waals surface area contributed by atoms with Gasteiger partial charge in [-0.05, 0) is 115 Å². The number of allylic oxidation sites excluding steroid dienone is 15. The van der Waals surface area contributed by atoms with Gasteiger partial charge in [0.25, 0.3) is 7.82 Å². The van der Waals surface area contributed by atoms with E-state index in [0.717, 1.165) is 103 Å². The summed E-state index contributed by atoms with van der Waals surface area (Å²) in [5.41, 5.74) is 0. The number of likely N-dealkylation sites (N-methyl/N-ethyl adjacent to an activating group) is 1. The van der Waals surface area contributed by atoms with Crippen molar-refractivity contribution in [3.05, 3.63) is 97.2 Å². The number of amides is 1.